The van der Waals surface area contributed by atoms with Crippen molar-refractivity contribution in [3.63, 3.8) is 0 Å². The minimum atomic E-state index is 0.372. The van der Waals surface area contributed by atoms with Crippen LogP contribution in [0.3, 0.4) is 0 Å². The highest BCUT2D eigenvalue weighted by Gasteiger charge is 2.05. The highest BCUT2D eigenvalue weighted by molar-refractivity contribution is 5.81. The molecule has 3 rings (SSSR count). The summed E-state index contributed by atoms with van der Waals surface area (Å²) in [6.07, 6.45) is 0. The molecule has 0 saturated heterocycles. The Bertz CT molecular complexity index is 772. The molecule has 1 aromatic heterocycles. The maximum Gasteiger partial charge on any atom is 0.130 e. The van der Waals surface area contributed by atoms with Crippen molar-refractivity contribution < 1.29 is 9.47 Å². The fourth-order valence-electron chi connectivity index (χ4n) is 2.14. The van der Waals surface area contributed by atoms with Crippen LogP contribution in [0.25, 0.3) is 10.9 Å². The molecule has 3 aromatic rings. The molecule has 0 aliphatic rings. The molecule has 4 heteroatoms. The van der Waals surface area contributed by atoms with Crippen molar-refractivity contribution in [3.8, 4) is 11.5 Å². The molecule has 0 amide bonds. The Hall–Kier alpha value is -2.75. The number of aromatic nitrogens is 1. The Kier molecular flexibility index (Phi) is 3.60. The first-order valence-electron chi connectivity index (χ1n) is 6.67. The van der Waals surface area contributed by atoms with Gasteiger partial charge in [-0.3, -0.25) is 0 Å². The van der Waals surface area contributed by atoms with E-state index >= 15 is 0 Å². The topological polar surface area (TPSA) is 57.4 Å². The van der Waals surface area contributed by atoms with Crippen molar-refractivity contribution in [1.29, 1.82) is 0 Å². The summed E-state index contributed by atoms with van der Waals surface area (Å²) in [5.74, 6) is 2.00. The molecule has 0 atom stereocenters. The highest BCUT2D eigenvalue weighted by atomic mass is 16.5. The van der Waals surface area contributed by atoms with Crippen molar-refractivity contribution in [1.82, 2.24) is 4.98 Å². The zero-order valence-electron chi connectivity index (χ0n) is 11.7. The van der Waals surface area contributed by atoms with Crippen molar-refractivity contribution in [2.75, 3.05) is 12.8 Å². The van der Waals surface area contributed by atoms with E-state index in [0.29, 0.717) is 12.4 Å². The lowest BCUT2D eigenvalue weighted by atomic mass is 10.1. The average Bonchev–Trinajstić information content (AvgIpc) is 2.53. The molecule has 21 heavy (non-hydrogen) atoms. The van der Waals surface area contributed by atoms with Gasteiger partial charge in [-0.2, -0.15) is 0 Å². The SMILES string of the molecule is COc1cccc(OCc2cc3ccccc3nc2N)c1. The van der Waals surface area contributed by atoms with Gasteiger partial charge in [-0.15, -0.1) is 0 Å². The number of nitrogen functional groups attached to an aromatic ring is 1. The molecule has 0 aliphatic carbocycles. The van der Waals surface area contributed by atoms with Crippen LogP contribution in [-0.2, 0) is 6.61 Å². The Morgan fingerprint density at radius 2 is 1.81 bits per heavy atom. The molecular formula is C17H16N2O2. The van der Waals surface area contributed by atoms with E-state index in [9.17, 15) is 0 Å². The minimum absolute atomic E-state index is 0.372. The first-order valence-corrected chi connectivity index (χ1v) is 6.67. The lowest BCUT2D eigenvalue weighted by molar-refractivity contribution is 0.304. The Morgan fingerprint density at radius 3 is 2.67 bits per heavy atom. The van der Waals surface area contributed by atoms with Crippen LogP contribution >= 0.6 is 0 Å². The van der Waals surface area contributed by atoms with E-state index in [2.05, 4.69) is 4.98 Å². The molecule has 4 nitrogen and oxygen atoms in total. The van der Waals surface area contributed by atoms with Gasteiger partial charge < -0.3 is 15.2 Å². The number of benzene rings is 2. The minimum Gasteiger partial charge on any atom is -0.497 e. The van der Waals surface area contributed by atoms with Gasteiger partial charge in [-0.05, 0) is 24.3 Å². The van der Waals surface area contributed by atoms with Gasteiger partial charge in [0.05, 0.1) is 12.6 Å². The third-order valence-electron chi connectivity index (χ3n) is 3.27. The molecule has 2 N–H and O–H groups in total. The van der Waals surface area contributed by atoms with Gasteiger partial charge in [0.1, 0.15) is 23.9 Å². The first kappa shape index (κ1) is 13.2. The summed E-state index contributed by atoms with van der Waals surface area (Å²) in [7, 11) is 1.63. The summed E-state index contributed by atoms with van der Waals surface area (Å²) in [6.45, 7) is 0.372. The predicted octanol–water partition coefficient (Wildman–Crippen LogP) is 3.40. The van der Waals surface area contributed by atoms with Gasteiger partial charge in [0, 0.05) is 17.0 Å². The number of rotatable bonds is 4. The number of nitrogens with two attached hydrogens (primary N) is 1. The fraction of sp³-hybridized carbons (Fsp3) is 0.118. The predicted molar refractivity (Wildman–Crippen MR) is 83.5 cm³/mol. The summed E-state index contributed by atoms with van der Waals surface area (Å²) in [5.41, 5.74) is 7.75. The summed E-state index contributed by atoms with van der Waals surface area (Å²) in [5, 5.41) is 1.05. The standard InChI is InChI=1S/C17H16N2O2/c1-20-14-6-4-7-15(10-14)21-11-13-9-12-5-2-3-8-16(12)19-17(13)18/h2-10H,11H2,1H3,(H2,18,19). The van der Waals surface area contributed by atoms with E-state index in [1.165, 1.54) is 0 Å². The lowest BCUT2D eigenvalue weighted by Crippen LogP contribution is -2.02. The number of ether oxygens (including phenoxy) is 2. The number of methoxy groups -OCH3 is 1. The Morgan fingerprint density at radius 1 is 1.00 bits per heavy atom. The monoisotopic (exact) mass is 280 g/mol. The van der Waals surface area contributed by atoms with Crippen molar-refractivity contribution in [2.45, 2.75) is 6.61 Å². The molecule has 0 spiro atoms. The van der Waals surface area contributed by atoms with Crippen LogP contribution in [0.4, 0.5) is 5.82 Å². The lowest BCUT2D eigenvalue weighted by Gasteiger charge is -2.10. The molecule has 0 saturated carbocycles. The Labute approximate surface area is 123 Å². The van der Waals surface area contributed by atoms with Crippen LogP contribution < -0.4 is 15.2 Å². The zero-order chi connectivity index (χ0) is 14.7. The van der Waals surface area contributed by atoms with Crippen LogP contribution in [0.2, 0.25) is 0 Å². The quantitative estimate of drug-likeness (QED) is 0.795. The van der Waals surface area contributed by atoms with Gasteiger partial charge in [0.25, 0.3) is 0 Å². The molecule has 0 aliphatic heterocycles. The normalized spacial score (nSPS) is 10.5. The zero-order valence-corrected chi connectivity index (χ0v) is 11.7. The third kappa shape index (κ3) is 2.89. The van der Waals surface area contributed by atoms with Gasteiger partial charge in [0.15, 0.2) is 0 Å². The van der Waals surface area contributed by atoms with Crippen molar-refractivity contribution >= 4 is 16.7 Å². The number of hydrogen-bond donors (Lipinski definition) is 1. The maximum absolute atomic E-state index is 5.99. The number of hydrogen-bond acceptors (Lipinski definition) is 4. The highest BCUT2D eigenvalue weighted by Crippen LogP contribution is 2.22. The van der Waals surface area contributed by atoms with Gasteiger partial charge in [-0.25, -0.2) is 4.98 Å². The molecule has 0 unspecified atom stereocenters. The van der Waals surface area contributed by atoms with E-state index in [-0.39, 0.29) is 0 Å². The van der Waals surface area contributed by atoms with E-state index in [1.54, 1.807) is 7.11 Å². The van der Waals surface area contributed by atoms with E-state index < -0.39 is 0 Å². The largest absolute Gasteiger partial charge is 0.497 e. The van der Waals surface area contributed by atoms with E-state index in [4.69, 9.17) is 15.2 Å². The maximum atomic E-state index is 5.99. The van der Waals surface area contributed by atoms with Crippen molar-refractivity contribution in [3.05, 3.63) is 60.2 Å². The summed E-state index contributed by atoms with van der Waals surface area (Å²) >= 11 is 0. The second-order valence-electron chi connectivity index (χ2n) is 4.69. The molecule has 0 bridgehead atoms. The second-order valence-corrected chi connectivity index (χ2v) is 4.69. The number of anilines is 1. The van der Waals surface area contributed by atoms with E-state index in [0.717, 1.165) is 28.0 Å². The molecule has 0 fully saturated rings. The Balaban J connectivity index is 1.82. The number of para-hydroxylation sites is 1. The third-order valence-corrected chi connectivity index (χ3v) is 3.27. The van der Waals surface area contributed by atoms with Crippen LogP contribution in [0.15, 0.2) is 54.6 Å². The number of pyridine rings is 1. The van der Waals surface area contributed by atoms with Gasteiger partial charge >= 0.3 is 0 Å². The number of fused-ring (bicyclic) bond motifs is 1. The fourth-order valence-corrected chi connectivity index (χ4v) is 2.14. The molecule has 2 aromatic carbocycles. The van der Waals surface area contributed by atoms with E-state index in [1.807, 2.05) is 54.6 Å². The van der Waals surface area contributed by atoms with Crippen molar-refractivity contribution in [2.24, 2.45) is 0 Å². The van der Waals surface area contributed by atoms with Crippen LogP contribution in [0.5, 0.6) is 11.5 Å². The van der Waals surface area contributed by atoms with Gasteiger partial charge in [-0.1, -0.05) is 24.3 Å². The molecule has 106 valence electrons. The molecule has 0 radical (unpaired) electrons. The van der Waals surface area contributed by atoms with Crippen LogP contribution in [0.1, 0.15) is 5.56 Å². The summed E-state index contributed by atoms with van der Waals surface area (Å²) < 4.78 is 10.9. The molecule has 1 heterocycles. The smallest absolute Gasteiger partial charge is 0.130 e. The average molecular weight is 280 g/mol. The van der Waals surface area contributed by atoms with Crippen LogP contribution in [0, 0.1) is 0 Å². The molecular weight excluding hydrogens is 264 g/mol. The second kappa shape index (κ2) is 5.71. The number of nitrogens with zero attached hydrogens (tertiary/aromatic N) is 1. The van der Waals surface area contributed by atoms with Crippen LogP contribution in [-0.4, -0.2) is 12.1 Å². The summed E-state index contributed by atoms with van der Waals surface area (Å²) in [6, 6.07) is 17.4. The first-order chi connectivity index (χ1) is 10.3. The van der Waals surface area contributed by atoms with Gasteiger partial charge in [0.2, 0.25) is 0 Å². The summed E-state index contributed by atoms with van der Waals surface area (Å²) in [4.78, 5) is 4.39.